The molecule has 62 valence electrons. The summed E-state index contributed by atoms with van der Waals surface area (Å²) in [5.74, 6) is 0. The lowest BCUT2D eigenvalue weighted by molar-refractivity contribution is 0.188. The Morgan fingerprint density at radius 1 is 1.73 bits per heavy atom. The fourth-order valence-corrected chi connectivity index (χ4v) is 1.24. The molecule has 1 aliphatic rings. The molecule has 0 aliphatic carbocycles. The maximum atomic E-state index is 11.1. The first-order valence-corrected chi connectivity index (χ1v) is 3.37. The Hall–Kier alpha value is -1.26. The Morgan fingerprint density at radius 2 is 2.27 bits per heavy atom. The number of likely N-dealkylation sites (N-methyl/N-ethyl adjacent to an activating group) is 1. The molecule has 0 radical (unpaired) electrons. The van der Waals surface area contributed by atoms with Crippen LogP contribution in [0.3, 0.4) is 0 Å². The second-order valence-electron chi connectivity index (χ2n) is 2.72. The van der Waals surface area contributed by atoms with Crippen LogP contribution in [0.15, 0.2) is 0 Å². The highest BCUT2D eigenvalue weighted by Crippen LogP contribution is 2.12. The van der Waals surface area contributed by atoms with Crippen molar-refractivity contribution in [2.24, 2.45) is 5.73 Å². The Kier molecular flexibility index (Phi) is 1.72. The third-order valence-corrected chi connectivity index (χ3v) is 1.75. The van der Waals surface area contributed by atoms with E-state index >= 15 is 0 Å². The number of nitrogens with zero attached hydrogens (tertiary/aromatic N) is 2. The minimum atomic E-state index is -0.674. The normalized spacial score (nSPS) is 24.5. The summed E-state index contributed by atoms with van der Waals surface area (Å²) in [5, 5.41) is 0. The van der Waals surface area contributed by atoms with Crippen LogP contribution >= 0.6 is 0 Å². The Morgan fingerprint density at radius 3 is 2.45 bits per heavy atom. The van der Waals surface area contributed by atoms with Crippen LogP contribution in [0, 0.1) is 0 Å². The van der Waals surface area contributed by atoms with E-state index in [9.17, 15) is 9.59 Å². The first-order valence-electron chi connectivity index (χ1n) is 3.37. The molecule has 5 nitrogen and oxygen atoms in total. The number of primary amides is 1. The van der Waals surface area contributed by atoms with E-state index in [1.54, 1.807) is 14.0 Å². The lowest BCUT2D eigenvalue weighted by Crippen LogP contribution is -2.42. The largest absolute Gasteiger partial charge is 0.351 e. The molecule has 0 aromatic heterocycles. The third kappa shape index (κ3) is 1.13. The molecule has 1 saturated heterocycles. The number of urea groups is 2. The first-order chi connectivity index (χ1) is 5.04. The van der Waals surface area contributed by atoms with Crippen LogP contribution in [0.4, 0.5) is 9.59 Å². The van der Waals surface area contributed by atoms with E-state index in [0.717, 1.165) is 4.90 Å². The van der Waals surface area contributed by atoms with Crippen LogP contribution in [0.1, 0.15) is 6.92 Å². The second-order valence-corrected chi connectivity index (χ2v) is 2.72. The average Bonchev–Trinajstić information content (AvgIpc) is 2.07. The minimum absolute atomic E-state index is 0.106. The Balaban J connectivity index is 2.80. The quantitative estimate of drug-likeness (QED) is 0.530. The summed E-state index contributed by atoms with van der Waals surface area (Å²) < 4.78 is 0. The van der Waals surface area contributed by atoms with Gasteiger partial charge in [-0.25, -0.2) is 14.5 Å². The lowest BCUT2D eigenvalue weighted by Gasteiger charge is -2.13. The van der Waals surface area contributed by atoms with Crippen molar-refractivity contribution in [3.05, 3.63) is 0 Å². The number of nitrogens with two attached hydrogens (primary N) is 1. The third-order valence-electron chi connectivity index (χ3n) is 1.75. The summed E-state index contributed by atoms with van der Waals surface area (Å²) >= 11 is 0. The Bertz CT molecular complexity index is 204. The van der Waals surface area contributed by atoms with Crippen LogP contribution in [0.5, 0.6) is 0 Å². The van der Waals surface area contributed by atoms with Crippen LogP contribution < -0.4 is 5.73 Å². The SMILES string of the molecule is CC1CN(C)C(=O)N1C(N)=O. The van der Waals surface area contributed by atoms with Crippen LogP contribution in [-0.4, -0.2) is 41.5 Å². The van der Waals surface area contributed by atoms with E-state index in [0.29, 0.717) is 6.54 Å². The van der Waals surface area contributed by atoms with Crippen molar-refractivity contribution in [2.75, 3.05) is 13.6 Å². The molecule has 0 spiro atoms. The van der Waals surface area contributed by atoms with E-state index in [-0.39, 0.29) is 12.1 Å². The van der Waals surface area contributed by atoms with Crippen molar-refractivity contribution >= 4 is 12.1 Å². The van der Waals surface area contributed by atoms with Gasteiger partial charge in [0.15, 0.2) is 0 Å². The topological polar surface area (TPSA) is 66.6 Å². The molecule has 11 heavy (non-hydrogen) atoms. The zero-order valence-corrected chi connectivity index (χ0v) is 6.57. The summed E-state index contributed by atoms with van der Waals surface area (Å²) in [4.78, 5) is 24.3. The van der Waals surface area contributed by atoms with E-state index in [4.69, 9.17) is 5.73 Å². The van der Waals surface area contributed by atoms with Gasteiger partial charge in [-0.05, 0) is 6.92 Å². The molecule has 1 heterocycles. The fraction of sp³-hybridized carbons (Fsp3) is 0.667. The molecule has 1 atom stereocenters. The molecule has 0 bridgehead atoms. The van der Waals surface area contributed by atoms with Crippen molar-refractivity contribution in [1.29, 1.82) is 0 Å². The summed E-state index contributed by atoms with van der Waals surface area (Å²) in [6.45, 7) is 2.34. The van der Waals surface area contributed by atoms with Gasteiger partial charge in [-0.3, -0.25) is 0 Å². The molecule has 0 saturated carbocycles. The van der Waals surface area contributed by atoms with Crippen molar-refractivity contribution in [1.82, 2.24) is 9.80 Å². The summed E-state index contributed by atoms with van der Waals surface area (Å²) in [7, 11) is 1.64. The molecular weight excluding hydrogens is 146 g/mol. The summed E-state index contributed by atoms with van der Waals surface area (Å²) in [6.07, 6.45) is 0. The fourth-order valence-electron chi connectivity index (χ4n) is 1.24. The summed E-state index contributed by atoms with van der Waals surface area (Å²) in [5.41, 5.74) is 4.98. The van der Waals surface area contributed by atoms with Gasteiger partial charge in [-0.1, -0.05) is 0 Å². The van der Waals surface area contributed by atoms with Gasteiger partial charge in [0.25, 0.3) is 0 Å². The zero-order valence-electron chi connectivity index (χ0n) is 6.57. The number of hydrogen-bond acceptors (Lipinski definition) is 2. The van der Waals surface area contributed by atoms with E-state index < -0.39 is 6.03 Å². The molecule has 0 aromatic carbocycles. The second kappa shape index (κ2) is 2.41. The highest BCUT2D eigenvalue weighted by molar-refractivity contribution is 5.94. The van der Waals surface area contributed by atoms with Gasteiger partial charge in [0, 0.05) is 13.6 Å². The number of amides is 4. The van der Waals surface area contributed by atoms with Gasteiger partial charge in [-0.2, -0.15) is 0 Å². The van der Waals surface area contributed by atoms with Crippen LogP contribution in [0.25, 0.3) is 0 Å². The van der Waals surface area contributed by atoms with Crippen molar-refractivity contribution in [2.45, 2.75) is 13.0 Å². The monoisotopic (exact) mass is 157 g/mol. The molecule has 1 rings (SSSR count). The van der Waals surface area contributed by atoms with E-state index in [2.05, 4.69) is 0 Å². The predicted octanol–water partition coefficient (Wildman–Crippen LogP) is -0.179. The predicted molar refractivity (Wildman–Crippen MR) is 38.9 cm³/mol. The van der Waals surface area contributed by atoms with Gasteiger partial charge in [-0.15, -0.1) is 0 Å². The number of rotatable bonds is 0. The van der Waals surface area contributed by atoms with E-state index in [1.165, 1.54) is 4.90 Å². The van der Waals surface area contributed by atoms with Gasteiger partial charge in [0.2, 0.25) is 0 Å². The molecule has 2 N–H and O–H groups in total. The first kappa shape index (κ1) is 7.84. The number of carbonyl (C=O) groups is 2. The van der Waals surface area contributed by atoms with E-state index in [1.807, 2.05) is 0 Å². The Labute approximate surface area is 64.7 Å². The van der Waals surface area contributed by atoms with Gasteiger partial charge < -0.3 is 10.6 Å². The van der Waals surface area contributed by atoms with Gasteiger partial charge >= 0.3 is 12.1 Å². The lowest BCUT2D eigenvalue weighted by atomic mass is 10.3. The van der Waals surface area contributed by atoms with Crippen LogP contribution in [0.2, 0.25) is 0 Å². The molecule has 0 aromatic rings. The van der Waals surface area contributed by atoms with Crippen molar-refractivity contribution in [3.63, 3.8) is 0 Å². The van der Waals surface area contributed by atoms with Crippen molar-refractivity contribution < 1.29 is 9.59 Å². The maximum Gasteiger partial charge on any atom is 0.328 e. The molecular formula is C6H11N3O2. The van der Waals surface area contributed by atoms with Crippen LogP contribution in [-0.2, 0) is 0 Å². The maximum absolute atomic E-state index is 11.1. The van der Waals surface area contributed by atoms with Gasteiger partial charge in [0.05, 0.1) is 6.04 Å². The van der Waals surface area contributed by atoms with Crippen molar-refractivity contribution in [3.8, 4) is 0 Å². The minimum Gasteiger partial charge on any atom is -0.351 e. The smallest absolute Gasteiger partial charge is 0.328 e. The number of carbonyl (C=O) groups excluding carboxylic acids is 2. The number of hydrogen-bond donors (Lipinski definition) is 1. The molecule has 1 fully saturated rings. The molecule has 4 amide bonds. The zero-order chi connectivity index (χ0) is 8.59. The molecule has 5 heteroatoms. The average molecular weight is 157 g/mol. The standard InChI is InChI=1S/C6H11N3O2/c1-4-3-8(2)6(11)9(4)5(7)10/h4H,3H2,1-2H3,(H2,7,10). The van der Waals surface area contributed by atoms with Gasteiger partial charge in [0.1, 0.15) is 0 Å². The highest BCUT2D eigenvalue weighted by atomic mass is 16.2. The number of imide groups is 1. The molecule has 1 aliphatic heterocycles. The highest BCUT2D eigenvalue weighted by Gasteiger charge is 2.35. The molecule has 1 unspecified atom stereocenters. The summed E-state index contributed by atoms with van der Waals surface area (Å²) in [6, 6.07) is -1.10.